The minimum Gasteiger partial charge on any atom is -0.340 e. The van der Waals surface area contributed by atoms with E-state index in [-0.39, 0.29) is 23.8 Å². The Labute approximate surface area is 149 Å². The van der Waals surface area contributed by atoms with Gasteiger partial charge in [-0.25, -0.2) is 0 Å². The molecule has 2 fully saturated rings. The molecule has 1 aromatic heterocycles. The molecule has 1 unspecified atom stereocenters. The van der Waals surface area contributed by atoms with Crippen LogP contribution in [0.3, 0.4) is 0 Å². The average molecular weight is 347 g/mol. The quantitative estimate of drug-likeness (QED) is 0.821. The smallest absolute Gasteiger partial charge is 0.257 e. The van der Waals surface area contributed by atoms with E-state index in [0.29, 0.717) is 12.1 Å². The van der Waals surface area contributed by atoms with Gasteiger partial charge in [0.05, 0.1) is 17.7 Å². The molecule has 2 saturated heterocycles. The Hall–Kier alpha value is -1.89. The van der Waals surface area contributed by atoms with Crippen LogP contribution in [0.5, 0.6) is 0 Å². The summed E-state index contributed by atoms with van der Waals surface area (Å²) in [5, 5.41) is 4.26. The fraction of sp³-hybridized carbons (Fsp3) is 0.722. The molecule has 3 heterocycles. The van der Waals surface area contributed by atoms with E-state index in [1.807, 2.05) is 23.6 Å². The number of amides is 2. The summed E-state index contributed by atoms with van der Waals surface area (Å²) in [4.78, 5) is 31.6. The van der Waals surface area contributed by atoms with E-state index in [1.165, 1.54) is 0 Å². The number of nitrogens with zero attached hydrogens (tertiary/aromatic N) is 5. The van der Waals surface area contributed by atoms with Crippen molar-refractivity contribution in [2.75, 3.05) is 46.3 Å². The summed E-state index contributed by atoms with van der Waals surface area (Å²) in [6.07, 6.45) is 5.20. The summed E-state index contributed by atoms with van der Waals surface area (Å²) in [6.45, 7) is 8.75. The number of carbonyl (C=O) groups excluding carboxylic acids is 2. The van der Waals surface area contributed by atoms with E-state index >= 15 is 0 Å². The standard InChI is InChI=1S/C18H29N5O2/c1-14(2)23-13-16(11-19-23)18(25)22-6-4-5-15(12-22)17(24)21-9-7-20(3)8-10-21/h11,13-15H,4-10,12H2,1-3H3. The first kappa shape index (κ1) is 17.9. The van der Waals surface area contributed by atoms with Crippen molar-refractivity contribution in [2.45, 2.75) is 32.7 Å². The normalized spacial score (nSPS) is 22.5. The lowest BCUT2D eigenvalue weighted by Crippen LogP contribution is -2.52. The lowest BCUT2D eigenvalue weighted by molar-refractivity contribution is -0.138. The summed E-state index contributed by atoms with van der Waals surface area (Å²) in [5.41, 5.74) is 0.612. The monoisotopic (exact) mass is 347 g/mol. The van der Waals surface area contributed by atoms with Gasteiger partial charge in [-0.3, -0.25) is 14.3 Å². The highest BCUT2D eigenvalue weighted by Crippen LogP contribution is 2.21. The number of likely N-dealkylation sites (tertiary alicyclic amines) is 1. The van der Waals surface area contributed by atoms with Crippen LogP contribution >= 0.6 is 0 Å². The van der Waals surface area contributed by atoms with E-state index in [9.17, 15) is 9.59 Å². The predicted octanol–water partition coefficient (Wildman–Crippen LogP) is 1.09. The Bertz CT molecular complexity index is 619. The van der Waals surface area contributed by atoms with Crippen LogP contribution in [0.2, 0.25) is 0 Å². The minimum absolute atomic E-state index is 0.0113. The molecule has 2 aliphatic heterocycles. The lowest BCUT2D eigenvalue weighted by atomic mass is 9.95. The first-order chi connectivity index (χ1) is 12.0. The molecule has 7 nitrogen and oxygen atoms in total. The van der Waals surface area contributed by atoms with Crippen LogP contribution in [-0.4, -0.2) is 82.6 Å². The average Bonchev–Trinajstić information content (AvgIpc) is 3.12. The van der Waals surface area contributed by atoms with E-state index in [4.69, 9.17) is 0 Å². The second-order valence-electron chi connectivity index (χ2n) is 7.52. The molecule has 0 bridgehead atoms. The Balaban J connectivity index is 1.62. The molecular formula is C18H29N5O2. The summed E-state index contributed by atoms with van der Waals surface area (Å²) >= 11 is 0. The third-order valence-corrected chi connectivity index (χ3v) is 5.25. The third-order valence-electron chi connectivity index (χ3n) is 5.25. The van der Waals surface area contributed by atoms with Crippen LogP contribution in [0.4, 0.5) is 0 Å². The molecule has 7 heteroatoms. The van der Waals surface area contributed by atoms with Gasteiger partial charge in [-0.05, 0) is 33.7 Å². The van der Waals surface area contributed by atoms with Crippen molar-refractivity contribution in [3.8, 4) is 0 Å². The number of piperidine rings is 1. The van der Waals surface area contributed by atoms with Gasteiger partial charge in [0.2, 0.25) is 5.91 Å². The van der Waals surface area contributed by atoms with Crippen molar-refractivity contribution in [3.05, 3.63) is 18.0 Å². The molecule has 1 aromatic rings. The van der Waals surface area contributed by atoms with Gasteiger partial charge in [-0.2, -0.15) is 5.10 Å². The van der Waals surface area contributed by atoms with E-state index in [2.05, 4.69) is 17.0 Å². The molecule has 0 radical (unpaired) electrons. The summed E-state index contributed by atoms with van der Waals surface area (Å²) in [6, 6.07) is 0.231. The van der Waals surface area contributed by atoms with E-state index < -0.39 is 0 Å². The highest BCUT2D eigenvalue weighted by atomic mass is 16.2. The molecule has 0 spiro atoms. The van der Waals surface area contributed by atoms with Crippen LogP contribution in [0.1, 0.15) is 43.1 Å². The number of aromatic nitrogens is 2. The molecule has 2 amide bonds. The van der Waals surface area contributed by atoms with Crippen molar-refractivity contribution in [1.29, 1.82) is 0 Å². The highest BCUT2D eigenvalue weighted by Gasteiger charge is 2.32. The third kappa shape index (κ3) is 4.03. The fourth-order valence-corrected chi connectivity index (χ4v) is 3.56. The number of hydrogen-bond acceptors (Lipinski definition) is 4. The Morgan fingerprint density at radius 1 is 1.12 bits per heavy atom. The SMILES string of the molecule is CC(C)n1cc(C(=O)N2CCCC(C(=O)N3CCN(C)CC3)C2)cn1. The zero-order valence-corrected chi connectivity index (χ0v) is 15.5. The minimum atomic E-state index is -0.0683. The number of likely N-dealkylation sites (N-methyl/N-ethyl adjacent to an activating group) is 1. The highest BCUT2D eigenvalue weighted by molar-refractivity contribution is 5.94. The number of rotatable bonds is 3. The van der Waals surface area contributed by atoms with Crippen molar-refractivity contribution >= 4 is 11.8 Å². The first-order valence-corrected chi connectivity index (χ1v) is 9.26. The van der Waals surface area contributed by atoms with Gasteiger partial charge in [-0.1, -0.05) is 0 Å². The molecule has 25 heavy (non-hydrogen) atoms. The Morgan fingerprint density at radius 3 is 2.48 bits per heavy atom. The van der Waals surface area contributed by atoms with Gasteiger partial charge < -0.3 is 14.7 Å². The maximum atomic E-state index is 12.8. The summed E-state index contributed by atoms with van der Waals surface area (Å²) in [7, 11) is 2.08. The molecule has 0 saturated carbocycles. The number of piperazine rings is 1. The van der Waals surface area contributed by atoms with E-state index in [0.717, 1.165) is 45.6 Å². The van der Waals surface area contributed by atoms with Gasteiger partial charge in [-0.15, -0.1) is 0 Å². The van der Waals surface area contributed by atoms with Gasteiger partial charge in [0.15, 0.2) is 0 Å². The largest absolute Gasteiger partial charge is 0.340 e. The van der Waals surface area contributed by atoms with Gasteiger partial charge in [0, 0.05) is 51.5 Å². The molecule has 2 aliphatic rings. The maximum Gasteiger partial charge on any atom is 0.257 e. The van der Waals surface area contributed by atoms with Gasteiger partial charge in [0.1, 0.15) is 0 Å². The van der Waals surface area contributed by atoms with Crippen molar-refractivity contribution in [3.63, 3.8) is 0 Å². The molecule has 0 aliphatic carbocycles. The van der Waals surface area contributed by atoms with E-state index in [1.54, 1.807) is 17.1 Å². The Morgan fingerprint density at radius 2 is 1.84 bits per heavy atom. The molecule has 0 N–H and O–H groups in total. The summed E-state index contributed by atoms with van der Waals surface area (Å²) in [5.74, 6) is 0.132. The number of hydrogen-bond donors (Lipinski definition) is 0. The topological polar surface area (TPSA) is 61.7 Å². The second kappa shape index (κ2) is 7.56. The summed E-state index contributed by atoms with van der Waals surface area (Å²) < 4.78 is 1.80. The van der Waals surface area contributed by atoms with Gasteiger partial charge in [0.25, 0.3) is 5.91 Å². The molecule has 3 rings (SSSR count). The second-order valence-corrected chi connectivity index (χ2v) is 7.52. The van der Waals surface area contributed by atoms with Gasteiger partial charge >= 0.3 is 0 Å². The molecular weight excluding hydrogens is 318 g/mol. The predicted molar refractivity (Wildman–Crippen MR) is 95.3 cm³/mol. The zero-order chi connectivity index (χ0) is 18.0. The van der Waals surface area contributed by atoms with Crippen molar-refractivity contribution < 1.29 is 9.59 Å². The van der Waals surface area contributed by atoms with Crippen LogP contribution < -0.4 is 0 Å². The van der Waals surface area contributed by atoms with Crippen molar-refractivity contribution in [2.24, 2.45) is 5.92 Å². The molecule has 0 aromatic carbocycles. The maximum absolute atomic E-state index is 12.8. The number of carbonyl (C=O) groups is 2. The zero-order valence-electron chi connectivity index (χ0n) is 15.5. The van der Waals surface area contributed by atoms with Crippen LogP contribution in [-0.2, 0) is 4.79 Å². The van der Waals surface area contributed by atoms with Crippen LogP contribution in [0.25, 0.3) is 0 Å². The van der Waals surface area contributed by atoms with Crippen LogP contribution in [0, 0.1) is 5.92 Å². The molecule has 138 valence electrons. The van der Waals surface area contributed by atoms with Crippen LogP contribution in [0.15, 0.2) is 12.4 Å². The molecule has 1 atom stereocenters. The fourth-order valence-electron chi connectivity index (χ4n) is 3.56. The van der Waals surface area contributed by atoms with Crippen molar-refractivity contribution in [1.82, 2.24) is 24.5 Å². The first-order valence-electron chi connectivity index (χ1n) is 9.26. The lowest BCUT2D eigenvalue weighted by Gasteiger charge is -2.38. The Kier molecular flexibility index (Phi) is 5.42.